The van der Waals surface area contributed by atoms with Crippen molar-refractivity contribution in [3.63, 3.8) is 0 Å². The van der Waals surface area contributed by atoms with Crippen LogP contribution in [-0.4, -0.2) is 25.7 Å². The van der Waals surface area contributed by atoms with Crippen LogP contribution in [-0.2, 0) is 20.9 Å². The lowest BCUT2D eigenvalue weighted by Gasteiger charge is -2.09. The maximum absolute atomic E-state index is 11.7. The summed E-state index contributed by atoms with van der Waals surface area (Å²) in [5.74, 6) is -0.711. The van der Waals surface area contributed by atoms with Gasteiger partial charge >= 0.3 is 12.1 Å². The lowest BCUT2D eigenvalue weighted by molar-refractivity contribution is -0.136. The standard InChI is InChI=1S/C14H16N4O4/c1-21-13(19)12(8-5-9-16-18-15)17-14(20)22-10-11-6-3-2-4-7-11/h2-4,6-8H,5,9-10H2,1H3,(H,17,20)/b12-8-. The summed E-state index contributed by atoms with van der Waals surface area (Å²) in [6, 6.07) is 9.12. The number of benzene rings is 1. The molecule has 0 saturated heterocycles. The van der Waals surface area contributed by atoms with E-state index in [4.69, 9.17) is 10.3 Å². The van der Waals surface area contributed by atoms with Crippen molar-refractivity contribution in [1.29, 1.82) is 0 Å². The molecule has 0 aromatic heterocycles. The number of nitrogens with one attached hydrogen (secondary N) is 1. The van der Waals surface area contributed by atoms with E-state index in [2.05, 4.69) is 20.1 Å². The number of hydrogen-bond donors (Lipinski definition) is 1. The first-order valence-electron chi connectivity index (χ1n) is 6.44. The Morgan fingerprint density at radius 3 is 2.73 bits per heavy atom. The Labute approximate surface area is 127 Å². The summed E-state index contributed by atoms with van der Waals surface area (Å²) in [6.45, 7) is 0.248. The monoisotopic (exact) mass is 304 g/mol. The molecule has 1 aromatic carbocycles. The Kier molecular flexibility index (Phi) is 7.63. The van der Waals surface area contributed by atoms with E-state index in [9.17, 15) is 9.59 Å². The molecule has 0 spiro atoms. The Balaban J connectivity index is 2.55. The van der Waals surface area contributed by atoms with Crippen LogP contribution in [0.15, 0.2) is 47.2 Å². The maximum atomic E-state index is 11.7. The Bertz CT molecular complexity index is 580. The number of esters is 1. The first-order valence-corrected chi connectivity index (χ1v) is 6.44. The summed E-state index contributed by atoms with van der Waals surface area (Å²) < 4.78 is 9.55. The smallest absolute Gasteiger partial charge is 0.412 e. The molecule has 1 rings (SSSR count). The van der Waals surface area contributed by atoms with Crippen molar-refractivity contribution in [2.75, 3.05) is 13.7 Å². The average Bonchev–Trinajstić information content (AvgIpc) is 2.56. The van der Waals surface area contributed by atoms with Gasteiger partial charge < -0.3 is 9.47 Å². The van der Waals surface area contributed by atoms with Crippen LogP contribution in [0.3, 0.4) is 0 Å². The molecule has 116 valence electrons. The molecule has 1 N–H and O–H groups in total. The number of nitrogens with zero attached hydrogens (tertiary/aromatic N) is 3. The normalized spacial score (nSPS) is 10.3. The van der Waals surface area contributed by atoms with Crippen molar-refractivity contribution in [2.24, 2.45) is 5.11 Å². The van der Waals surface area contributed by atoms with E-state index >= 15 is 0 Å². The molecule has 0 aliphatic heterocycles. The Hall–Kier alpha value is -2.99. The summed E-state index contributed by atoms with van der Waals surface area (Å²) in [7, 11) is 1.20. The van der Waals surface area contributed by atoms with Crippen LogP contribution >= 0.6 is 0 Å². The molecule has 0 aliphatic carbocycles. The third kappa shape index (κ3) is 6.44. The van der Waals surface area contributed by atoms with Gasteiger partial charge in [-0.05, 0) is 17.5 Å². The minimum atomic E-state index is -0.774. The van der Waals surface area contributed by atoms with E-state index in [1.54, 1.807) is 0 Å². The highest BCUT2D eigenvalue weighted by atomic mass is 16.6. The van der Waals surface area contributed by atoms with Gasteiger partial charge in [-0.3, -0.25) is 5.32 Å². The van der Waals surface area contributed by atoms with E-state index in [-0.39, 0.29) is 25.3 Å². The summed E-state index contributed by atoms with van der Waals surface area (Å²) in [6.07, 6.45) is 0.918. The fourth-order valence-corrected chi connectivity index (χ4v) is 1.48. The molecular formula is C14H16N4O4. The number of methoxy groups -OCH3 is 1. The molecule has 1 amide bonds. The maximum Gasteiger partial charge on any atom is 0.412 e. The fourth-order valence-electron chi connectivity index (χ4n) is 1.48. The quantitative estimate of drug-likeness (QED) is 0.208. The minimum Gasteiger partial charge on any atom is -0.464 e. The van der Waals surface area contributed by atoms with Crippen molar-refractivity contribution in [1.82, 2.24) is 5.32 Å². The summed E-state index contributed by atoms with van der Waals surface area (Å²) >= 11 is 0. The predicted octanol–water partition coefficient (Wildman–Crippen LogP) is 2.67. The molecule has 0 saturated carbocycles. The third-order valence-corrected chi connectivity index (χ3v) is 2.50. The number of hydrogen-bond acceptors (Lipinski definition) is 5. The highest BCUT2D eigenvalue weighted by molar-refractivity contribution is 5.92. The molecule has 1 aromatic rings. The highest BCUT2D eigenvalue weighted by Gasteiger charge is 2.13. The van der Waals surface area contributed by atoms with Gasteiger partial charge in [-0.25, -0.2) is 9.59 Å². The number of carbonyl (C=O) groups excluding carboxylic acids is 2. The van der Waals surface area contributed by atoms with Gasteiger partial charge in [-0.15, -0.1) is 0 Å². The number of carbonyl (C=O) groups is 2. The van der Waals surface area contributed by atoms with Gasteiger partial charge in [-0.2, -0.15) is 0 Å². The van der Waals surface area contributed by atoms with Crippen molar-refractivity contribution >= 4 is 12.1 Å². The molecule has 0 fully saturated rings. The van der Waals surface area contributed by atoms with Crippen molar-refractivity contribution in [2.45, 2.75) is 13.0 Å². The number of ether oxygens (including phenoxy) is 2. The van der Waals surface area contributed by atoms with Gasteiger partial charge in [0.05, 0.1) is 7.11 Å². The molecule has 0 unspecified atom stereocenters. The van der Waals surface area contributed by atoms with E-state index in [1.807, 2.05) is 30.3 Å². The largest absolute Gasteiger partial charge is 0.464 e. The van der Waals surface area contributed by atoms with Gasteiger partial charge in [-0.1, -0.05) is 41.5 Å². The van der Waals surface area contributed by atoms with Crippen LogP contribution in [0.5, 0.6) is 0 Å². The van der Waals surface area contributed by atoms with Crippen LogP contribution < -0.4 is 5.32 Å². The number of rotatable bonds is 7. The number of azide groups is 1. The predicted molar refractivity (Wildman–Crippen MR) is 78.5 cm³/mol. The molecule has 22 heavy (non-hydrogen) atoms. The Morgan fingerprint density at radius 2 is 2.09 bits per heavy atom. The number of amides is 1. The summed E-state index contributed by atoms with van der Waals surface area (Å²) in [5, 5.41) is 5.63. The summed E-state index contributed by atoms with van der Waals surface area (Å²) in [4.78, 5) is 25.8. The lowest BCUT2D eigenvalue weighted by atomic mass is 10.2. The molecule has 0 heterocycles. The zero-order chi connectivity index (χ0) is 16.2. The number of alkyl carbamates (subject to hydrolysis) is 1. The average molecular weight is 304 g/mol. The first kappa shape index (κ1) is 17.1. The van der Waals surface area contributed by atoms with E-state index in [0.717, 1.165) is 5.56 Å². The molecule has 0 aliphatic rings. The van der Waals surface area contributed by atoms with Crippen LogP contribution in [0, 0.1) is 0 Å². The minimum absolute atomic E-state index is 0.0614. The fraction of sp³-hybridized carbons (Fsp3) is 0.286. The van der Waals surface area contributed by atoms with E-state index < -0.39 is 12.1 Å². The second kappa shape index (κ2) is 9.84. The van der Waals surface area contributed by atoms with E-state index in [1.165, 1.54) is 13.2 Å². The van der Waals surface area contributed by atoms with Gasteiger partial charge in [0.2, 0.25) is 0 Å². The molecule has 8 nitrogen and oxygen atoms in total. The molecular weight excluding hydrogens is 288 g/mol. The van der Waals surface area contributed by atoms with Gasteiger partial charge in [0.25, 0.3) is 0 Å². The highest BCUT2D eigenvalue weighted by Crippen LogP contribution is 2.02. The van der Waals surface area contributed by atoms with Crippen LogP contribution in [0.1, 0.15) is 12.0 Å². The van der Waals surface area contributed by atoms with Crippen molar-refractivity contribution in [3.05, 3.63) is 58.1 Å². The topological polar surface area (TPSA) is 113 Å². The van der Waals surface area contributed by atoms with Crippen molar-refractivity contribution in [3.8, 4) is 0 Å². The van der Waals surface area contributed by atoms with Crippen LogP contribution in [0.4, 0.5) is 4.79 Å². The van der Waals surface area contributed by atoms with Gasteiger partial charge in [0, 0.05) is 11.5 Å². The molecule has 0 bridgehead atoms. The SMILES string of the molecule is COC(=O)/C(=C/CCN=[N+]=[N-])NC(=O)OCc1ccccc1. The summed E-state index contributed by atoms with van der Waals surface area (Å²) in [5.41, 5.74) is 8.93. The van der Waals surface area contributed by atoms with Crippen molar-refractivity contribution < 1.29 is 19.1 Å². The first-order chi connectivity index (χ1) is 10.7. The van der Waals surface area contributed by atoms with Gasteiger partial charge in [0.15, 0.2) is 0 Å². The Morgan fingerprint density at radius 1 is 1.36 bits per heavy atom. The molecule has 0 atom stereocenters. The van der Waals surface area contributed by atoms with Crippen LogP contribution in [0.2, 0.25) is 0 Å². The molecule has 8 heteroatoms. The second-order valence-corrected chi connectivity index (χ2v) is 4.04. The third-order valence-electron chi connectivity index (χ3n) is 2.50. The van der Waals surface area contributed by atoms with E-state index in [0.29, 0.717) is 0 Å². The zero-order valence-electron chi connectivity index (χ0n) is 12.1. The lowest BCUT2D eigenvalue weighted by Crippen LogP contribution is -2.28. The van der Waals surface area contributed by atoms with Gasteiger partial charge in [0.1, 0.15) is 12.3 Å². The second-order valence-electron chi connectivity index (χ2n) is 4.04. The van der Waals surface area contributed by atoms with Crippen LogP contribution in [0.25, 0.3) is 10.4 Å². The zero-order valence-corrected chi connectivity index (χ0v) is 12.1. The molecule has 0 radical (unpaired) electrons.